The maximum Gasteiger partial charge on any atom is 0.246 e. The van der Waals surface area contributed by atoms with E-state index < -0.39 is 38.2 Å². The summed E-state index contributed by atoms with van der Waals surface area (Å²) in [7, 11) is -4.38. The molecule has 0 radical (unpaired) electrons. The van der Waals surface area contributed by atoms with Gasteiger partial charge in [-0.3, -0.25) is 4.79 Å². The van der Waals surface area contributed by atoms with Gasteiger partial charge in [0.25, 0.3) is 0 Å². The van der Waals surface area contributed by atoms with Crippen molar-refractivity contribution in [3.05, 3.63) is 59.2 Å². The molecule has 0 N–H and O–H groups in total. The van der Waals surface area contributed by atoms with Crippen LogP contribution in [0.1, 0.15) is 17.3 Å². The van der Waals surface area contributed by atoms with Crippen LogP contribution in [-0.2, 0) is 10.0 Å². The number of nitrogens with zero attached hydrogens (tertiary/aromatic N) is 2. The molecule has 10 heteroatoms. The molecule has 0 saturated carbocycles. The molecule has 1 fully saturated rings. The second-order valence-corrected chi connectivity index (χ2v) is 8.19. The predicted molar refractivity (Wildman–Crippen MR) is 93.7 cm³/mol. The van der Waals surface area contributed by atoms with Crippen molar-refractivity contribution in [2.24, 2.45) is 0 Å². The van der Waals surface area contributed by atoms with Gasteiger partial charge in [-0.1, -0.05) is 0 Å². The highest BCUT2D eigenvalue weighted by Gasteiger charge is 2.33. The van der Waals surface area contributed by atoms with Crippen LogP contribution in [0.15, 0.2) is 35.2 Å². The van der Waals surface area contributed by atoms with Crippen molar-refractivity contribution in [2.75, 3.05) is 31.1 Å². The van der Waals surface area contributed by atoms with E-state index in [1.165, 1.54) is 19.1 Å². The number of sulfonamides is 1. The van der Waals surface area contributed by atoms with E-state index in [1.807, 2.05) is 0 Å². The average Bonchev–Trinajstić information content (AvgIpc) is 2.66. The van der Waals surface area contributed by atoms with Gasteiger partial charge in [0.2, 0.25) is 10.0 Å². The molecule has 0 amide bonds. The van der Waals surface area contributed by atoms with Crippen LogP contribution in [-0.4, -0.2) is 44.7 Å². The van der Waals surface area contributed by atoms with Crippen molar-refractivity contribution in [2.45, 2.75) is 11.8 Å². The van der Waals surface area contributed by atoms with Crippen LogP contribution in [0.2, 0.25) is 0 Å². The molecule has 1 aliphatic heterocycles. The lowest BCUT2D eigenvalue weighted by Gasteiger charge is -2.35. The Morgan fingerprint density at radius 3 is 2.11 bits per heavy atom. The molecule has 2 aromatic carbocycles. The molecule has 0 aromatic heterocycles. The fourth-order valence-corrected chi connectivity index (χ4v) is 4.48. The Labute approximate surface area is 159 Å². The topological polar surface area (TPSA) is 57.7 Å². The van der Waals surface area contributed by atoms with Crippen molar-refractivity contribution in [1.82, 2.24) is 4.31 Å². The average molecular weight is 416 g/mol. The molecule has 2 aromatic rings. The van der Waals surface area contributed by atoms with Crippen molar-refractivity contribution in [3.63, 3.8) is 0 Å². The molecule has 150 valence electrons. The number of hydrogen-bond acceptors (Lipinski definition) is 4. The smallest absolute Gasteiger partial charge is 0.246 e. The van der Waals surface area contributed by atoms with E-state index in [2.05, 4.69) is 0 Å². The van der Waals surface area contributed by atoms with Gasteiger partial charge < -0.3 is 4.90 Å². The van der Waals surface area contributed by atoms with E-state index in [0.29, 0.717) is 12.1 Å². The first-order chi connectivity index (χ1) is 13.1. The van der Waals surface area contributed by atoms with E-state index in [-0.39, 0.29) is 43.2 Å². The summed E-state index contributed by atoms with van der Waals surface area (Å²) in [6.45, 7) is 1.31. The molecule has 5 nitrogen and oxygen atoms in total. The summed E-state index contributed by atoms with van der Waals surface area (Å²) >= 11 is 0. The van der Waals surface area contributed by atoms with Crippen LogP contribution in [0.25, 0.3) is 0 Å². The number of halogens is 4. The van der Waals surface area contributed by atoms with Gasteiger partial charge in [0.15, 0.2) is 23.2 Å². The van der Waals surface area contributed by atoms with Gasteiger partial charge >= 0.3 is 0 Å². The molecule has 1 aliphatic rings. The van der Waals surface area contributed by atoms with Crippen LogP contribution in [0, 0.1) is 23.3 Å². The van der Waals surface area contributed by atoms with Gasteiger partial charge in [0.1, 0.15) is 10.7 Å². The quantitative estimate of drug-likeness (QED) is 0.437. The SMILES string of the molecule is CC(=O)c1ccc(N2CCN(S(=O)(=O)c3ccc(F)c(F)c3F)CC2)c(F)c1. The van der Waals surface area contributed by atoms with E-state index in [9.17, 15) is 30.8 Å². The number of piperazine rings is 1. The van der Waals surface area contributed by atoms with Crippen LogP contribution in [0.4, 0.5) is 23.2 Å². The molecule has 1 saturated heterocycles. The molecule has 3 rings (SSSR count). The van der Waals surface area contributed by atoms with Gasteiger partial charge in [-0.2, -0.15) is 4.31 Å². The standard InChI is InChI=1S/C18H16F4N2O3S/c1-11(25)12-2-4-15(14(20)10-12)23-6-8-24(9-7-23)28(26,27)16-5-3-13(19)17(21)18(16)22/h2-5,10H,6-9H2,1H3. The molecule has 0 spiro atoms. The van der Waals surface area contributed by atoms with Crippen molar-refractivity contribution >= 4 is 21.5 Å². The van der Waals surface area contributed by atoms with Crippen LogP contribution < -0.4 is 4.90 Å². The fourth-order valence-electron chi connectivity index (χ4n) is 3.00. The second kappa shape index (κ2) is 7.51. The number of rotatable bonds is 4. The number of Topliss-reactive ketones (excluding diaryl/α,β-unsaturated/α-hetero) is 1. The summed E-state index contributed by atoms with van der Waals surface area (Å²) in [4.78, 5) is 12.0. The van der Waals surface area contributed by atoms with Crippen LogP contribution in [0.3, 0.4) is 0 Å². The summed E-state index contributed by atoms with van der Waals surface area (Å²) < 4.78 is 80.7. The number of ketones is 1. The Bertz CT molecular complexity index is 1040. The molecular weight excluding hydrogens is 400 g/mol. The van der Waals surface area contributed by atoms with E-state index >= 15 is 0 Å². The first kappa shape index (κ1) is 20.3. The minimum absolute atomic E-state index is 0.0981. The Kier molecular flexibility index (Phi) is 5.44. The van der Waals surface area contributed by atoms with Gasteiger partial charge in [-0.25, -0.2) is 26.0 Å². The van der Waals surface area contributed by atoms with E-state index in [4.69, 9.17) is 0 Å². The van der Waals surface area contributed by atoms with Crippen LogP contribution in [0.5, 0.6) is 0 Å². The summed E-state index contributed by atoms with van der Waals surface area (Å²) in [6.07, 6.45) is 0. The Hall–Kier alpha value is -2.46. The maximum atomic E-state index is 14.3. The van der Waals surface area contributed by atoms with Crippen LogP contribution >= 0.6 is 0 Å². The van der Waals surface area contributed by atoms with E-state index in [0.717, 1.165) is 10.4 Å². The Morgan fingerprint density at radius 2 is 1.54 bits per heavy atom. The summed E-state index contributed by atoms with van der Waals surface area (Å²) in [5.74, 6) is -6.00. The van der Waals surface area contributed by atoms with Crippen molar-refractivity contribution in [1.29, 1.82) is 0 Å². The minimum Gasteiger partial charge on any atom is -0.367 e. The fraction of sp³-hybridized carbons (Fsp3) is 0.278. The lowest BCUT2D eigenvalue weighted by molar-refractivity contribution is 0.101. The van der Waals surface area contributed by atoms with Gasteiger partial charge in [0, 0.05) is 31.7 Å². The summed E-state index contributed by atoms with van der Waals surface area (Å²) in [5.41, 5.74) is 0.428. The molecule has 0 aliphatic carbocycles. The monoisotopic (exact) mass is 416 g/mol. The molecule has 0 atom stereocenters. The normalized spacial score (nSPS) is 15.7. The maximum absolute atomic E-state index is 14.3. The number of hydrogen-bond donors (Lipinski definition) is 0. The van der Waals surface area contributed by atoms with Gasteiger partial charge in [-0.15, -0.1) is 0 Å². The zero-order valence-corrected chi connectivity index (χ0v) is 15.6. The summed E-state index contributed by atoms with van der Waals surface area (Å²) in [5, 5.41) is 0. The molecule has 0 bridgehead atoms. The highest BCUT2D eigenvalue weighted by molar-refractivity contribution is 7.89. The third kappa shape index (κ3) is 3.61. The predicted octanol–water partition coefficient (Wildman–Crippen LogP) is 2.96. The number of carbonyl (C=O) groups excluding carboxylic acids is 1. The Morgan fingerprint density at radius 1 is 0.893 bits per heavy atom. The first-order valence-corrected chi connectivity index (χ1v) is 9.76. The third-order valence-electron chi connectivity index (χ3n) is 4.55. The number of carbonyl (C=O) groups is 1. The lowest BCUT2D eigenvalue weighted by atomic mass is 10.1. The third-order valence-corrected chi connectivity index (χ3v) is 6.47. The zero-order chi connectivity index (χ0) is 20.6. The van der Waals surface area contributed by atoms with Gasteiger partial charge in [0.05, 0.1) is 5.69 Å². The second-order valence-electron chi connectivity index (χ2n) is 6.29. The summed E-state index contributed by atoms with van der Waals surface area (Å²) in [6, 6.07) is 5.24. The number of benzene rings is 2. The highest BCUT2D eigenvalue weighted by atomic mass is 32.2. The zero-order valence-electron chi connectivity index (χ0n) is 14.8. The van der Waals surface area contributed by atoms with Gasteiger partial charge in [-0.05, 0) is 37.3 Å². The first-order valence-electron chi connectivity index (χ1n) is 8.32. The highest BCUT2D eigenvalue weighted by Crippen LogP contribution is 2.26. The minimum atomic E-state index is -4.38. The number of anilines is 1. The molecule has 0 unspecified atom stereocenters. The molecule has 28 heavy (non-hydrogen) atoms. The lowest BCUT2D eigenvalue weighted by Crippen LogP contribution is -2.49. The molecular formula is C18H16F4N2O3S. The van der Waals surface area contributed by atoms with E-state index in [1.54, 1.807) is 4.90 Å². The van der Waals surface area contributed by atoms with Crippen molar-refractivity contribution < 1.29 is 30.8 Å². The Balaban J connectivity index is 1.78. The van der Waals surface area contributed by atoms with Crippen molar-refractivity contribution in [3.8, 4) is 0 Å². The largest absolute Gasteiger partial charge is 0.367 e. The molecule has 1 heterocycles.